The Hall–Kier alpha value is -1.10. The van der Waals surface area contributed by atoms with E-state index in [0.717, 1.165) is 17.5 Å². The molecule has 114 valence electrons. The fraction of sp³-hybridized carbons (Fsp3) is 0.438. The van der Waals surface area contributed by atoms with Crippen LogP contribution in [0.25, 0.3) is 6.08 Å². The van der Waals surface area contributed by atoms with E-state index in [0.29, 0.717) is 5.16 Å². The zero-order valence-corrected chi connectivity index (χ0v) is 14.9. The minimum absolute atomic E-state index is 0.0597. The van der Waals surface area contributed by atoms with Crippen molar-refractivity contribution in [2.75, 3.05) is 0 Å². The monoisotopic (exact) mass is 323 g/mol. The normalized spacial score (nSPS) is 19.0. The van der Waals surface area contributed by atoms with E-state index < -0.39 is 14.5 Å². The SMILES string of the molecule is CC(C)(C)[Si](C)(C)OC1c2ccccc2C=C(Cl)N1C=O. The second-order valence-electron chi connectivity index (χ2n) is 6.84. The van der Waals surface area contributed by atoms with Crippen molar-refractivity contribution in [3.05, 3.63) is 40.5 Å². The molecule has 0 aromatic heterocycles. The smallest absolute Gasteiger partial charge is 0.217 e. The van der Waals surface area contributed by atoms with Gasteiger partial charge in [0, 0.05) is 5.56 Å². The summed E-state index contributed by atoms with van der Waals surface area (Å²) in [5.74, 6) is 0. The maximum absolute atomic E-state index is 11.5. The molecule has 5 heteroatoms. The van der Waals surface area contributed by atoms with Gasteiger partial charge >= 0.3 is 0 Å². The standard InChI is InChI=1S/C16H22ClNO2Si/c1-16(2,3)21(4,5)20-15-13-9-7-6-8-12(13)10-14(17)18(15)11-19/h6-11,15H,1-5H3. The van der Waals surface area contributed by atoms with Crippen LogP contribution in [-0.4, -0.2) is 19.6 Å². The number of hydrogen-bond donors (Lipinski definition) is 0. The van der Waals surface area contributed by atoms with Crippen molar-refractivity contribution in [3.8, 4) is 0 Å². The van der Waals surface area contributed by atoms with Crippen LogP contribution in [0.1, 0.15) is 38.1 Å². The second kappa shape index (κ2) is 5.59. The summed E-state index contributed by atoms with van der Waals surface area (Å²) in [5, 5.41) is 0.455. The van der Waals surface area contributed by atoms with E-state index in [-0.39, 0.29) is 5.04 Å². The first kappa shape index (κ1) is 16.3. The molecular weight excluding hydrogens is 302 g/mol. The van der Waals surface area contributed by atoms with Gasteiger partial charge in [-0.1, -0.05) is 56.6 Å². The van der Waals surface area contributed by atoms with E-state index in [9.17, 15) is 4.79 Å². The molecule has 2 rings (SSSR count). The summed E-state index contributed by atoms with van der Waals surface area (Å²) in [7, 11) is -2.03. The largest absolute Gasteiger partial charge is 0.393 e. The fourth-order valence-electron chi connectivity index (χ4n) is 2.01. The van der Waals surface area contributed by atoms with Gasteiger partial charge in [-0.15, -0.1) is 0 Å². The van der Waals surface area contributed by atoms with Gasteiger partial charge in [-0.25, -0.2) is 0 Å². The quantitative estimate of drug-likeness (QED) is 0.458. The molecule has 1 heterocycles. The Kier molecular flexibility index (Phi) is 4.33. The lowest BCUT2D eigenvalue weighted by Gasteiger charge is -2.43. The average molecular weight is 324 g/mol. The topological polar surface area (TPSA) is 29.5 Å². The van der Waals surface area contributed by atoms with Gasteiger partial charge in [0.1, 0.15) is 5.16 Å². The highest BCUT2D eigenvalue weighted by Gasteiger charge is 2.42. The van der Waals surface area contributed by atoms with Gasteiger partial charge in [-0.05, 0) is 29.8 Å². The third-order valence-electron chi connectivity index (χ3n) is 4.36. The van der Waals surface area contributed by atoms with Gasteiger partial charge in [0.15, 0.2) is 14.5 Å². The molecule has 1 unspecified atom stereocenters. The van der Waals surface area contributed by atoms with Gasteiger partial charge in [0.05, 0.1) is 0 Å². The van der Waals surface area contributed by atoms with E-state index in [4.69, 9.17) is 16.0 Å². The predicted octanol–water partition coefficient (Wildman–Crippen LogP) is 4.72. The van der Waals surface area contributed by atoms with Crippen molar-refractivity contribution in [2.24, 2.45) is 0 Å². The van der Waals surface area contributed by atoms with Gasteiger partial charge in [-0.3, -0.25) is 9.69 Å². The molecule has 0 spiro atoms. The molecule has 1 aliphatic rings. The molecule has 0 saturated carbocycles. The maximum atomic E-state index is 11.5. The molecule has 1 amide bonds. The number of amides is 1. The van der Waals surface area contributed by atoms with E-state index in [1.807, 2.05) is 24.3 Å². The Labute approximate surface area is 132 Å². The summed E-state index contributed by atoms with van der Waals surface area (Å²) in [6.07, 6.45) is 2.10. The number of halogens is 1. The Morgan fingerprint density at radius 3 is 2.48 bits per heavy atom. The van der Waals surface area contributed by atoms with E-state index in [1.165, 1.54) is 4.90 Å². The van der Waals surface area contributed by atoms with Crippen LogP contribution < -0.4 is 0 Å². The van der Waals surface area contributed by atoms with Crippen molar-refractivity contribution in [2.45, 2.75) is 45.1 Å². The highest BCUT2D eigenvalue weighted by atomic mass is 35.5. The maximum Gasteiger partial charge on any atom is 0.217 e. The number of hydrogen-bond acceptors (Lipinski definition) is 2. The molecule has 1 aromatic rings. The molecule has 1 atom stereocenters. The van der Waals surface area contributed by atoms with Gasteiger partial charge in [0.25, 0.3) is 0 Å². The average Bonchev–Trinajstić information content (AvgIpc) is 2.37. The highest BCUT2D eigenvalue weighted by Crippen LogP contribution is 2.43. The van der Waals surface area contributed by atoms with Gasteiger partial charge < -0.3 is 4.43 Å². The number of nitrogens with zero attached hydrogens (tertiary/aromatic N) is 1. The molecule has 1 aromatic carbocycles. The number of fused-ring (bicyclic) bond motifs is 1. The molecule has 0 fully saturated rings. The summed E-state index contributed by atoms with van der Waals surface area (Å²) in [5.41, 5.74) is 1.99. The van der Waals surface area contributed by atoms with Crippen molar-refractivity contribution >= 4 is 32.4 Å². The lowest BCUT2D eigenvalue weighted by molar-refractivity contribution is -0.123. The minimum atomic E-state index is -2.03. The lowest BCUT2D eigenvalue weighted by atomic mass is 10.0. The summed E-state index contributed by atoms with van der Waals surface area (Å²) in [6, 6.07) is 7.89. The van der Waals surface area contributed by atoms with Crippen LogP contribution in [0, 0.1) is 0 Å². The summed E-state index contributed by atoms with van der Waals surface area (Å²) in [4.78, 5) is 12.9. The van der Waals surface area contributed by atoms with Crippen molar-refractivity contribution in [1.82, 2.24) is 4.90 Å². The molecule has 0 radical (unpaired) electrons. The molecule has 21 heavy (non-hydrogen) atoms. The Morgan fingerprint density at radius 1 is 1.29 bits per heavy atom. The fourth-order valence-corrected chi connectivity index (χ4v) is 3.41. The molecule has 0 bridgehead atoms. The molecule has 1 aliphatic heterocycles. The van der Waals surface area contributed by atoms with Crippen LogP contribution in [0.5, 0.6) is 0 Å². The number of rotatable bonds is 3. The van der Waals surface area contributed by atoms with Gasteiger partial charge in [-0.2, -0.15) is 0 Å². The van der Waals surface area contributed by atoms with Crippen molar-refractivity contribution in [3.63, 3.8) is 0 Å². The summed E-state index contributed by atoms with van der Waals surface area (Å²) in [6.45, 7) is 10.9. The molecule has 0 aliphatic carbocycles. The zero-order chi connectivity index (χ0) is 15.8. The summed E-state index contributed by atoms with van der Waals surface area (Å²) >= 11 is 6.24. The number of benzene rings is 1. The molecule has 0 saturated heterocycles. The molecule has 0 N–H and O–H groups in total. The minimum Gasteiger partial charge on any atom is -0.393 e. The Morgan fingerprint density at radius 2 is 1.90 bits per heavy atom. The first-order valence-electron chi connectivity index (χ1n) is 7.05. The Bertz CT molecular complexity index is 578. The first-order valence-corrected chi connectivity index (χ1v) is 10.3. The predicted molar refractivity (Wildman–Crippen MR) is 89.2 cm³/mol. The van der Waals surface area contributed by atoms with Crippen LogP contribution in [0.2, 0.25) is 18.1 Å². The molecule has 3 nitrogen and oxygen atoms in total. The van der Waals surface area contributed by atoms with Crippen LogP contribution in [-0.2, 0) is 9.22 Å². The molecular formula is C16H22ClNO2Si. The summed E-state index contributed by atoms with van der Waals surface area (Å²) < 4.78 is 6.45. The van der Waals surface area contributed by atoms with Crippen LogP contribution in [0.15, 0.2) is 29.4 Å². The number of carbonyl (C=O) groups is 1. The van der Waals surface area contributed by atoms with E-state index in [1.54, 1.807) is 6.08 Å². The highest BCUT2D eigenvalue weighted by molar-refractivity contribution is 6.74. The lowest BCUT2D eigenvalue weighted by Crippen LogP contribution is -2.45. The van der Waals surface area contributed by atoms with E-state index in [2.05, 4.69) is 33.9 Å². The van der Waals surface area contributed by atoms with Crippen LogP contribution in [0.3, 0.4) is 0 Å². The zero-order valence-electron chi connectivity index (χ0n) is 13.2. The number of carbonyl (C=O) groups excluding carboxylic acids is 1. The van der Waals surface area contributed by atoms with E-state index >= 15 is 0 Å². The van der Waals surface area contributed by atoms with Crippen LogP contribution in [0.4, 0.5) is 0 Å². The second-order valence-corrected chi connectivity index (χ2v) is 12.0. The first-order chi connectivity index (χ1) is 9.67. The van der Waals surface area contributed by atoms with Crippen molar-refractivity contribution < 1.29 is 9.22 Å². The Balaban J connectivity index is 2.45. The van der Waals surface area contributed by atoms with Gasteiger partial charge in [0.2, 0.25) is 6.41 Å². The van der Waals surface area contributed by atoms with Crippen LogP contribution >= 0.6 is 11.6 Å². The third-order valence-corrected chi connectivity index (χ3v) is 9.09. The van der Waals surface area contributed by atoms with Crippen molar-refractivity contribution in [1.29, 1.82) is 0 Å². The third kappa shape index (κ3) is 3.07.